The summed E-state index contributed by atoms with van der Waals surface area (Å²) in [5.74, 6) is 0.345. The Bertz CT molecular complexity index is 1570. The molecule has 4 N–H and O–H groups in total. The van der Waals surface area contributed by atoms with Crippen LogP contribution < -0.4 is 25.6 Å². The van der Waals surface area contributed by atoms with E-state index in [4.69, 9.17) is 9.47 Å². The van der Waals surface area contributed by atoms with Gasteiger partial charge in [-0.2, -0.15) is 5.10 Å². The van der Waals surface area contributed by atoms with Crippen molar-refractivity contribution in [2.45, 2.75) is 96.6 Å². The van der Waals surface area contributed by atoms with Gasteiger partial charge in [-0.15, -0.1) is 0 Å². The minimum absolute atomic E-state index is 0.0105. The van der Waals surface area contributed by atoms with Crippen molar-refractivity contribution in [3.05, 3.63) is 66.5 Å². The minimum Gasteiger partial charge on any atom is -0.478 e. The Morgan fingerprint density at radius 2 is 1.76 bits per heavy atom. The van der Waals surface area contributed by atoms with Crippen molar-refractivity contribution in [2.75, 3.05) is 31.1 Å². The zero-order chi connectivity index (χ0) is 35.0. The van der Waals surface area contributed by atoms with Crippen LogP contribution in [-0.4, -0.2) is 82.6 Å². The van der Waals surface area contributed by atoms with Gasteiger partial charge in [-0.25, -0.2) is 9.59 Å². The first-order valence-electron chi connectivity index (χ1n) is 17.3. The maximum absolute atomic E-state index is 13.6. The highest BCUT2D eigenvalue weighted by Gasteiger charge is 2.34. The highest BCUT2D eigenvalue weighted by atomic mass is 16.6. The first kappa shape index (κ1) is 35.6. The summed E-state index contributed by atoms with van der Waals surface area (Å²) in [6.07, 6.45) is 7.66. The molecule has 2 heterocycles. The summed E-state index contributed by atoms with van der Waals surface area (Å²) in [6, 6.07) is 16.3. The standard InChI is InChI=1S/C37H51N7O5/c1-36(2,3)49-35(47)39-18-9-17-38-33(45)37(4,5)48-32-14-7-13-31(21-32)43-19-8-12-29(25-43)42-34(46)44(30-15-16-30)24-26-10-6-11-27(20-26)28-22-40-41-23-28/h6-7,10-11,13-14,20-23,29-30H,8-9,12,15-19,24-25H2,1-5H3,(H,38,45)(H,39,47)(H,40,41)(H,42,46)/t29-/m1/s1. The number of piperidine rings is 1. The van der Waals surface area contributed by atoms with Crippen LogP contribution in [-0.2, 0) is 16.1 Å². The lowest BCUT2D eigenvalue weighted by Crippen LogP contribution is -2.52. The minimum atomic E-state index is -1.11. The van der Waals surface area contributed by atoms with Gasteiger partial charge in [0.1, 0.15) is 11.4 Å². The predicted octanol–water partition coefficient (Wildman–Crippen LogP) is 5.61. The Morgan fingerprint density at radius 1 is 0.980 bits per heavy atom. The molecule has 1 aliphatic carbocycles. The highest BCUT2D eigenvalue weighted by Crippen LogP contribution is 2.31. The van der Waals surface area contributed by atoms with Crippen LogP contribution >= 0.6 is 0 Å². The van der Waals surface area contributed by atoms with Gasteiger partial charge in [-0.05, 0) is 96.0 Å². The SMILES string of the molecule is CC(C)(C)OC(=O)NCCCNC(=O)C(C)(C)Oc1cccc(N2CCC[C@@H](NC(=O)N(Cc3cccc(-c4cn[nH]c4)c3)C3CC3)C2)c1. The molecule has 49 heavy (non-hydrogen) atoms. The van der Waals surface area contributed by atoms with E-state index >= 15 is 0 Å². The molecule has 2 fully saturated rings. The van der Waals surface area contributed by atoms with E-state index in [0.717, 1.165) is 54.6 Å². The van der Waals surface area contributed by atoms with Gasteiger partial charge >= 0.3 is 12.1 Å². The molecule has 0 unspecified atom stereocenters. The molecule has 2 aliphatic rings. The van der Waals surface area contributed by atoms with Crippen LogP contribution in [0.5, 0.6) is 5.75 Å². The topological polar surface area (TPSA) is 141 Å². The average Bonchev–Trinajstić information content (AvgIpc) is 3.74. The number of alkyl carbamates (subject to hydrolysis) is 1. The second-order valence-electron chi connectivity index (χ2n) is 14.4. The monoisotopic (exact) mass is 673 g/mol. The fourth-order valence-corrected chi connectivity index (χ4v) is 5.89. The molecular weight excluding hydrogens is 622 g/mol. The van der Waals surface area contributed by atoms with Crippen molar-refractivity contribution in [2.24, 2.45) is 0 Å². The first-order valence-corrected chi connectivity index (χ1v) is 17.3. The van der Waals surface area contributed by atoms with E-state index in [2.05, 4.69) is 49.2 Å². The number of carbonyl (C=O) groups is 3. The van der Waals surface area contributed by atoms with E-state index in [1.165, 1.54) is 0 Å². The summed E-state index contributed by atoms with van der Waals surface area (Å²) < 4.78 is 11.4. The van der Waals surface area contributed by atoms with Gasteiger partial charge in [0.05, 0.1) is 6.20 Å². The third-order valence-corrected chi connectivity index (χ3v) is 8.52. The second kappa shape index (κ2) is 15.7. The molecule has 5 rings (SSSR count). The number of hydrogen-bond acceptors (Lipinski definition) is 7. The van der Waals surface area contributed by atoms with Gasteiger partial charge in [0.2, 0.25) is 0 Å². The van der Waals surface area contributed by atoms with Gasteiger partial charge in [-0.1, -0.05) is 24.3 Å². The molecule has 1 atom stereocenters. The van der Waals surface area contributed by atoms with Crippen molar-refractivity contribution in [1.82, 2.24) is 31.0 Å². The van der Waals surface area contributed by atoms with Crippen LogP contribution in [0.15, 0.2) is 60.9 Å². The zero-order valence-corrected chi connectivity index (χ0v) is 29.4. The molecule has 3 aromatic rings. The Balaban J connectivity index is 1.11. The second-order valence-corrected chi connectivity index (χ2v) is 14.4. The number of H-pyrrole nitrogens is 1. The number of benzene rings is 2. The van der Waals surface area contributed by atoms with Gasteiger partial charge in [0.25, 0.3) is 5.91 Å². The van der Waals surface area contributed by atoms with Gasteiger partial charge in [0.15, 0.2) is 5.60 Å². The molecule has 1 aromatic heterocycles. The zero-order valence-electron chi connectivity index (χ0n) is 29.4. The number of aromatic nitrogens is 2. The highest BCUT2D eigenvalue weighted by molar-refractivity contribution is 5.84. The van der Waals surface area contributed by atoms with Crippen LogP contribution in [0, 0.1) is 0 Å². The molecule has 0 radical (unpaired) electrons. The lowest BCUT2D eigenvalue weighted by molar-refractivity contribution is -0.134. The van der Waals surface area contributed by atoms with Crippen LogP contribution in [0.25, 0.3) is 11.1 Å². The summed E-state index contributed by atoms with van der Waals surface area (Å²) in [6.45, 7) is 11.8. The Kier molecular flexibility index (Phi) is 11.4. The molecule has 12 heteroatoms. The normalized spacial score (nSPS) is 16.4. The molecule has 0 bridgehead atoms. The molecule has 1 saturated heterocycles. The quantitative estimate of drug-likeness (QED) is 0.173. The maximum Gasteiger partial charge on any atom is 0.407 e. The molecule has 1 aliphatic heterocycles. The Morgan fingerprint density at radius 3 is 2.49 bits per heavy atom. The largest absolute Gasteiger partial charge is 0.478 e. The van der Waals surface area contributed by atoms with Crippen LogP contribution in [0.3, 0.4) is 0 Å². The van der Waals surface area contributed by atoms with E-state index < -0.39 is 17.3 Å². The molecule has 264 valence electrons. The van der Waals surface area contributed by atoms with E-state index in [1.807, 2.05) is 62.2 Å². The number of nitrogens with one attached hydrogen (secondary N) is 4. The number of nitrogens with zero attached hydrogens (tertiary/aromatic N) is 3. The number of urea groups is 1. The molecular formula is C37H51N7O5. The van der Waals surface area contributed by atoms with Crippen molar-refractivity contribution in [1.29, 1.82) is 0 Å². The van der Waals surface area contributed by atoms with Gasteiger partial charge in [-0.3, -0.25) is 9.89 Å². The van der Waals surface area contributed by atoms with Crippen molar-refractivity contribution in [3.63, 3.8) is 0 Å². The third-order valence-electron chi connectivity index (χ3n) is 8.52. The third kappa shape index (κ3) is 10.6. The molecule has 0 spiro atoms. The van der Waals surface area contributed by atoms with E-state index in [-0.39, 0.29) is 24.0 Å². The van der Waals surface area contributed by atoms with E-state index in [0.29, 0.717) is 38.3 Å². The van der Waals surface area contributed by atoms with Crippen LogP contribution in [0.2, 0.25) is 0 Å². The maximum atomic E-state index is 13.6. The van der Waals surface area contributed by atoms with Crippen molar-refractivity contribution < 1.29 is 23.9 Å². The number of aromatic amines is 1. The van der Waals surface area contributed by atoms with Crippen LogP contribution in [0.4, 0.5) is 15.3 Å². The molecule has 12 nitrogen and oxygen atoms in total. The predicted molar refractivity (Wildman–Crippen MR) is 189 cm³/mol. The summed E-state index contributed by atoms with van der Waals surface area (Å²) >= 11 is 0. The first-order chi connectivity index (χ1) is 23.4. The summed E-state index contributed by atoms with van der Waals surface area (Å²) in [4.78, 5) is 42.7. The molecule has 4 amide bonds. The van der Waals surface area contributed by atoms with Crippen LogP contribution in [0.1, 0.15) is 72.3 Å². The lowest BCUT2D eigenvalue weighted by atomic mass is 10.0. The van der Waals surface area contributed by atoms with Crippen molar-refractivity contribution >= 4 is 23.7 Å². The summed E-state index contributed by atoms with van der Waals surface area (Å²) in [5, 5.41) is 15.9. The fraction of sp³-hybridized carbons (Fsp3) is 0.514. The van der Waals surface area contributed by atoms with Gasteiger partial charge < -0.3 is 35.2 Å². The summed E-state index contributed by atoms with van der Waals surface area (Å²) in [5.41, 5.74) is 2.50. The Labute approximate surface area is 289 Å². The van der Waals surface area contributed by atoms with E-state index in [1.54, 1.807) is 20.0 Å². The number of anilines is 1. The molecule has 1 saturated carbocycles. The molecule has 2 aromatic carbocycles. The Hall–Kier alpha value is -4.74. The average molecular weight is 674 g/mol. The smallest absolute Gasteiger partial charge is 0.407 e. The fourth-order valence-electron chi connectivity index (χ4n) is 5.89. The number of hydrogen-bond donors (Lipinski definition) is 4. The lowest BCUT2D eigenvalue weighted by Gasteiger charge is -2.36. The number of rotatable bonds is 13. The number of carbonyl (C=O) groups excluding carboxylic acids is 3. The number of amides is 4. The van der Waals surface area contributed by atoms with Gasteiger partial charge in [0, 0.05) is 68.3 Å². The van der Waals surface area contributed by atoms with E-state index in [9.17, 15) is 14.4 Å². The number of ether oxygens (including phenoxy) is 2. The van der Waals surface area contributed by atoms with Crippen molar-refractivity contribution in [3.8, 4) is 16.9 Å². The summed E-state index contributed by atoms with van der Waals surface area (Å²) in [7, 11) is 0.